The fraction of sp³-hybridized carbons (Fsp3) is 0.318. The molecule has 31 heavy (non-hydrogen) atoms. The molecule has 4 atom stereocenters. The molecule has 0 radical (unpaired) electrons. The van der Waals surface area contributed by atoms with Gasteiger partial charge >= 0.3 is 12.4 Å². The molecule has 0 unspecified atom stereocenters. The number of halogens is 3. The maximum Gasteiger partial charge on any atom is 0.573 e. The van der Waals surface area contributed by atoms with Gasteiger partial charge in [0.2, 0.25) is 0 Å². The molecule has 9 heteroatoms. The van der Waals surface area contributed by atoms with Gasteiger partial charge in [0.05, 0.1) is 25.4 Å². The molecule has 2 amide bonds. The minimum atomic E-state index is -4.76. The highest BCUT2D eigenvalue weighted by molar-refractivity contribution is 5.89. The summed E-state index contributed by atoms with van der Waals surface area (Å²) >= 11 is 0. The monoisotopic (exact) mass is 434 g/mol. The van der Waals surface area contributed by atoms with Crippen molar-refractivity contribution < 1.29 is 32.2 Å². The first-order valence-electron chi connectivity index (χ1n) is 9.77. The number of ether oxygens (including phenoxy) is 3. The third kappa shape index (κ3) is 5.56. The second-order valence-electron chi connectivity index (χ2n) is 7.31. The lowest BCUT2D eigenvalue weighted by Gasteiger charge is -2.18. The number of alkyl halides is 3. The molecule has 0 aromatic heterocycles. The quantitative estimate of drug-likeness (QED) is 0.740. The van der Waals surface area contributed by atoms with Crippen LogP contribution in [0.4, 0.5) is 23.7 Å². The molecule has 0 aliphatic carbocycles. The third-order valence-corrected chi connectivity index (χ3v) is 5.09. The topological polar surface area (TPSA) is 68.8 Å². The SMILES string of the molecule is O=C(Nc1ccc(OC(F)(F)F)cc1)N[C@H]1CO[C@H]2[C@@H]1OC[C@@H]2/C=C\c1ccccc1. The van der Waals surface area contributed by atoms with E-state index in [0.717, 1.165) is 17.7 Å². The van der Waals surface area contributed by atoms with E-state index in [1.54, 1.807) is 0 Å². The Kier molecular flexibility index (Phi) is 6.15. The number of hydrogen-bond donors (Lipinski definition) is 2. The molecular formula is C22H21F3N2O4. The van der Waals surface area contributed by atoms with Crippen molar-refractivity contribution in [2.24, 2.45) is 5.92 Å². The van der Waals surface area contributed by atoms with Crippen LogP contribution in [0.5, 0.6) is 5.75 Å². The lowest BCUT2D eigenvalue weighted by Crippen LogP contribution is -2.45. The van der Waals surface area contributed by atoms with Crippen molar-refractivity contribution in [2.45, 2.75) is 24.6 Å². The largest absolute Gasteiger partial charge is 0.573 e. The predicted molar refractivity (Wildman–Crippen MR) is 108 cm³/mol. The predicted octanol–water partition coefficient (Wildman–Crippen LogP) is 4.20. The van der Waals surface area contributed by atoms with E-state index in [0.29, 0.717) is 18.9 Å². The molecule has 2 aromatic carbocycles. The summed E-state index contributed by atoms with van der Waals surface area (Å²) in [4.78, 5) is 12.3. The Morgan fingerprint density at radius 3 is 2.42 bits per heavy atom. The van der Waals surface area contributed by atoms with Gasteiger partial charge < -0.3 is 24.8 Å². The molecular weight excluding hydrogens is 413 g/mol. The minimum Gasteiger partial charge on any atom is -0.406 e. The van der Waals surface area contributed by atoms with E-state index < -0.39 is 12.4 Å². The number of carbonyl (C=O) groups excluding carboxylic acids is 1. The molecule has 0 spiro atoms. The molecule has 6 nitrogen and oxygen atoms in total. The van der Waals surface area contributed by atoms with Gasteiger partial charge in [0.1, 0.15) is 11.9 Å². The molecule has 2 aromatic rings. The fourth-order valence-electron chi connectivity index (χ4n) is 3.69. The summed E-state index contributed by atoms with van der Waals surface area (Å²) in [5.41, 5.74) is 1.42. The number of carbonyl (C=O) groups is 1. The van der Waals surface area contributed by atoms with Gasteiger partial charge in [0, 0.05) is 11.6 Å². The van der Waals surface area contributed by atoms with Crippen LogP contribution in [0.2, 0.25) is 0 Å². The van der Waals surface area contributed by atoms with Gasteiger partial charge in [-0.2, -0.15) is 0 Å². The van der Waals surface area contributed by atoms with Crippen LogP contribution in [0, 0.1) is 5.92 Å². The molecule has 2 fully saturated rings. The smallest absolute Gasteiger partial charge is 0.406 e. The Balaban J connectivity index is 1.29. The van der Waals surface area contributed by atoms with Crippen molar-refractivity contribution in [1.82, 2.24) is 5.32 Å². The Morgan fingerprint density at radius 1 is 1.00 bits per heavy atom. The first-order chi connectivity index (χ1) is 14.9. The van der Waals surface area contributed by atoms with E-state index in [1.807, 2.05) is 36.4 Å². The molecule has 2 N–H and O–H groups in total. The van der Waals surface area contributed by atoms with Gasteiger partial charge in [-0.25, -0.2) is 4.79 Å². The molecule has 2 saturated heterocycles. The molecule has 0 saturated carbocycles. The molecule has 164 valence electrons. The van der Waals surface area contributed by atoms with Gasteiger partial charge in [-0.05, 0) is 29.8 Å². The van der Waals surface area contributed by atoms with Crippen LogP contribution in [0.1, 0.15) is 5.56 Å². The van der Waals surface area contributed by atoms with Gasteiger partial charge in [-0.1, -0.05) is 42.5 Å². The average molecular weight is 434 g/mol. The first kappa shape index (κ1) is 21.2. The van der Waals surface area contributed by atoms with E-state index >= 15 is 0 Å². The summed E-state index contributed by atoms with van der Waals surface area (Å²) in [5, 5.41) is 5.40. The number of benzene rings is 2. The zero-order chi connectivity index (χ0) is 21.8. The standard InChI is InChI=1S/C22H21F3N2O4/c23-22(24,25)31-17-10-8-16(9-11-17)26-21(28)27-18-13-30-19-15(12-29-20(18)19)7-6-14-4-2-1-3-5-14/h1-11,15,18-20H,12-13H2,(H2,26,27,28)/b7-6-/t15-,18-,19+,20+/m0/s1. The van der Waals surface area contributed by atoms with Gasteiger partial charge in [0.15, 0.2) is 0 Å². The van der Waals surface area contributed by atoms with E-state index in [9.17, 15) is 18.0 Å². The zero-order valence-corrected chi connectivity index (χ0v) is 16.3. The number of hydrogen-bond acceptors (Lipinski definition) is 4. The van der Waals surface area contributed by atoms with Crippen LogP contribution in [-0.4, -0.2) is 43.9 Å². The average Bonchev–Trinajstić information content (AvgIpc) is 3.31. The number of amides is 2. The highest BCUT2D eigenvalue weighted by atomic mass is 19.4. The van der Waals surface area contributed by atoms with Crippen molar-refractivity contribution >= 4 is 17.8 Å². The normalized spacial score (nSPS) is 25.4. The summed E-state index contributed by atoms with van der Waals surface area (Å²) in [7, 11) is 0. The summed E-state index contributed by atoms with van der Waals surface area (Å²) in [6.45, 7) is 0.815. The Labute approximate surface area is 177 Å². The van der Waals surface area contributed by atoms with Crippen molar-refractivity contribution in [3.63, 3.8) is 0 Å². The number of fused-ring (bicyclic) bond motifs is 1. The second kappa shape index (κ2) is 8.99. The van der Waals surface area contributed by atoms with E-state index in [-0.39, 0.29) is 29.9 Å². The highest BCUT2D eigenvalue weighted by Gasteiger charge is 2.47. The zero-order valence-electron chi connectivity index (χ0n) is 16.3. The minimum absolute atomic E-state index is 0.0845. The van der Waals surface area contributed by atoms with Crippen molar-refractivity contribution in [3.05, 3.63) is 66.2 Å². The molecule has 4 rings (SSSR count). The molecule has 2 aliphatic heterocycles. The molecule has 2 heterocycles. The lowest BCUT2D eigenvalue weighted by atomic mass is 9.99. The second-order valence-corrected chi connectivity index (χ2v) is 7.31. The van der Waals surface area contributed by atoms with Crippen LogP contribution >= 0.6 is 0 Å². The fourth-order valence-corrected chi connectivity index (χ4v) is 3.69. The number of nitrogens with one attached hydrogen (secondary N) is 2. The summed E-state index contributed by atoms with van der Waals surface area (Å²) in [6, 6.07) is 14.0. The van der Waals surface area contributed by atoms with Gasteiger partial charge in [0.25, 0.3) is 0 Å². The molecule has 2 aliphatic rings. The molecule has 0 bridgehead atoms. The van der Waals surface area contributed by atoms with Gasteiger partial charge in [-0.3, -0.25) is 0 Å². The number of anilines is 1. The number of rotatable bonds is 5. The van der Waals surface area contributed by atoms with E-state index in [2.05, 4.69) is 21.4 Å². The summed E-state index contributed by atoms with van der Waals surface area (Å²) in [5.74, 6) is -0.277. The van der Waals surface area contributed by atoms with Crippen LogP contribution < -0.4 is 15.4 Å². The van der Waals surface area contributed by atoms with Crippen LogP contribution in [-0.2, 0) is 9.47 Å². The maximum atomic E-state index is 12.3. The highest BCUT2D eigenvalue weighted by Crippen LogP contribution is 2.32. The summed E-state index contributed by atoms with van der Waals surface area (Å²) in [6.07, 6.45) is -1.09. The number of urea groups is 1. The van der Waals surface area contributed by atoms with Crippen LogP contribution in [0.25, 0.3) is 6.08 Å². The van der Waals surface area contributed by atoms with Crippen molar-refractivity contribution in [3.8, 4) is 5.75 Å². The third-order valence-electron chi connectivity index (χ3n) is 5.09. The lowest BCUT2D eigenvalue weighted by molar-refractivity contribution is -0.274. The van der Waals surface area contributed by atoms with Crippen molar-refractivity contribution in [1.29, 1.82) is 0 Å². The Morgan fingerprint density at radius 2 is 1.71 bits per heavy atom. The van der Waals surface area contributed by atoms with Crippen molar-refractivity contribution in [2.75, 3.05) is 18.5 Å². The van der Waals surface area contributed by atoms with Gasteiger partial charge in [-0.15, -0.1) is 13.2 Å². The Hall–Kier alpha value is -3.04. The summed E-state index contributed by atoms with van der Waals surface area (Å²) < 4.78 is 52.2. The van der Waals surface area contributed by atoms with E-state index in [4.69, 9.17) is 9.47 Å². The maximum absolute atomic E-state index is 12.3. The first-order valence-corrected chi connectivity index (χ1v) is 9.77. The van der Waals surface area contributed by atoms with E-state index in [1.165, 1.54) is 12.1 Å². The Bertz CT molecular complexity index is 919. The van der Waals surface area contributed by atoms with Crippen LogP contribution in [0.15, 0.2) is 60.7 Å². The van der Waals surface area contributed by atoms with Crippen LogP contribution in [0.3, 0.4) is 0 Å².